The summed E-state index contributed by atoms with van der Waals surface area (Å²) in [6.45, 7) is 0. The third kappa shape index (κ3) is 8.96. The van der Waals surface area contributed by atoms with Crippen molar-refractivity contribution in [3.05, 3.63) is 0 Å². The maximum absolute atomic E-state index is 0. The molecule has 0 amide bonds. The van der Waals surface area contributed by atoms with Crippen molar-refractivity contribution in [3.8, 4) is 0 Å². The van der Waals surface area contributed by atoms with Crippen molar-refractivity contribution in [2.45, 2.75) is 0 Å². The van der Waals surface area contributed by atoms with E-state index in [0.717, 1.165) is 0 Å². The van der Waals surface area contributed by atoms with Crippen LogP contribution < -0.4 is 0 Å². The third-order valence-electron chi connectivity index (χ3n) is 0. The third-order valence-corrected chi connectivity index (χ3v) is 0. The van der Waals surface area contributed by atoms with Crippen LogP contribution >= 0.6 is 0 Å². The Balaban J connectivity index is 0. The molecule has 2 N–H and O–H groups in total. The number of rotatable bonds is 0. The van der Waals surface area contributed by atoms with Crippen molar-refractivity contribution >= 4 is 45.5 Å². The van der Waals surface area contributed by atoms with Gasteiger partial charge in [-0.25, -0.2) is 0 Å². The van der Waals surface area contributed by atoms with Crippen LogP contribution in [0.3, 0.4) is 0 Å². The molecule has 0 aromatic rings. The van der Waals surface area contributed by atoms with E-state index in [2.05, 4.69) is 0 Å². The Hall–Kier alpha value is 3.19. The van der Waals surface area contributed by atoms with Crippen molar-refractivity contribution in [1.82, 2.24) is 0 Å². The van der Waals surface area contributed by atoms with Crippen LogP contribution in [0.2, 0.25) is 0 Å². The van der Waals surface area contributed by atoms with Gasteiger partial charge in [0.15, 0.2) is 0 Å². The molecule has 0 aliphatic carbocycles. The minimum absolute atomic E-state index is 0. The van der Waals surface area contributed by atoms with Crippen LogP contribution in [0.15, 0.2) is 0 Å². The van der Waals surface area contributed by atoms with Crippen LogP contribution in [0, 0.1) is 36.9 Å². The maximum atomic E-state index is 0. The zero-order chi connectivity index (χ0) is 0. The number of hydrogen-bond donors (Lipinski definition) is 0. The molecule has 0 unspecified atom stereocenters. The summed E-state index contributed by atoms with van der Waals surface area (Å²) in [5.74, 6) is 0. The van der Waals surface area contributed by atoms with E-state index >= 15 is 0 Å². The Kier molecular flexibility index (Phi) is 111. The zero-order valence-electron chi connectivity index (χ0n) is 1.14. The SMILES string of the molecule is O.[Lu].[Mn].[SrH2]. The minimum atomic E-state index is 0. The van der Waals surface area contributed by atoms with E-state index in [1.807, 2.05) is 0 Å². The molecule has 4 heteroatoms. The van der Waals surface area contributed by atoms with Gasteiger partial charge in [0.2, 0.25) is 0 Å². The molecule has 0 heterocycles. The van der Waals surface area contributed by atoms with Crippen LogP contribution in [0.5, 0.6) is 0 Å². The second-order valence-electron chi connectivity index (χ2n) is 0. The van der Waals surface area contributed by atoms with Gasteiger partial charge in [0.1, 0.15) is 0 Å². The molecule has 0 aliphatic rings. The molecule has 0 saturated heterocycles. The van der Waals surface area contributed by atoms with Gasteiger partial charge in [-0.1, -0.05) is 0 Å². The molecular weight excluding hydrogens is 334 g/mol. The first kappa shape index (κ1) is 27.1. The van der Waals surface area contributed by atoms with Gasteiger partial charge < -0.3 is 5.48 Å². The van der Waals surface area contributed by atoms with E-state index in [1.165, 1.54) is 0 Å². The van der Waals surface area contributed by atoms with Gasteiger partial charge in [-0.2, -0.15) is 0 Å². The van der Waals surface area contributed by atoms with E-state index in [1.54, 1.807) is 0 Å². The summed E-state index contributed by atoms with van der Waals surface area (Å²) in [4.78, 5) is 0. The molecule has 1 nitrogen and oxygen atoms in total. The molecule has 0 saturated carbocycles. The van der Waals surface area contributed by atoms with Crippen molar-refractivity contribution in [2.24, 2.45) is 0 Å². The summed E-state index contributed by atoms with van der Waals surface area (Å²) in [6.07, 6.45) is 0. The second kappa shape index (κ2) is 16.4. The zero-order valence-corrected chi connectivity index (χ0v) is 3.97. The van der Waals surface area contributed by atoms with Gasteiger partial charge in [-0.05, 0) is 0 Å². The van der Waals surface area contributed by atoms with Crippen molar-refractivity contribution in [3.63, 3.8) is 0 Å². The van der Waals surface area contributed by atoms with Crippen molar-refractivity contribution in [1.29, 1.82) is 0 Å². The molecule has 2 radical (unpaired) electrons. The molecule has 0 rings (SSSR count). The summed E-state index contributed by atoms with van der Waals surface area (Å²) in [7, 11) is 0. The summed E-state index contributed by atoms with van der Waals surface area (Å²) >= 11 is 0. The van der Waals surface area contributed by atoms with Gasteiger partial charge in [-0.3, -0.25) is 0 Å². The first-order valence-corrected chi connectivity index (χ1v) is 0. The van der Waals surface area contributed by atoms with Gasteiger partial charge in [-0.15, -0.1) is 0 Å². The number of hydrogen-bond acceptors (Lipinski definition) is 0. The fourth-order valence-corrected chi connectivity index (χ4v) is 0. The topological polar surface area (TPSA) is 31.5 Å². The van der Waals surface area contributed by atoms with Crippen molar-refractivity contribution in [2.75, 3.05) is 0 Å². The monoisotopic (exact) mass is 338 g/mol. The summed E-state index contributed by atoms with van der Waals surface area (Å²) in [5.41, 5.74) is 0. The van der Waals surface area contributed by atoms with Gasteiger partial charge in [0.25, 0.3) is 0 Å². The Labute approximate surface area is 102 Å². The summed E-state index contributed by atoms with van der Waals surface area (Å²) in [6, 6.07) is 0. The van der Waals surface area contributed by atoms with E-state index in [0.29, 0.717) is 0 Å². The molecule has 0 bridgehead atoms. The van der Waals surface area contributed by atoms with Crippen LogP contribution in [-0.2, 0) is 17.1 Å². The van der Waals surface area contributed by atoms with E-state index in [-0.39, 0.29) is 105 Å². The van der Waals surface area contributed by atoms with E-state index in [9.17, 15) is 0 Å². The molecule has 34 valence electrons. The Morgan fingerprint density at radius 2 is 1.00 bits per heavy atom. The van der Waals surface area contributed by atoms with Crippen LogP contribution in [-0.4, -0.2) is 51.0 Å². The van der Waals surface area contributed by atoms with Gasteiger partial charge >= 0.3 is 45.5 Å². The first-order chi connectivity index (χ1) is 0. The van der Waals surface area contributed by atoms with Gasteiger partial charge in [0.05, 0.1) is 0 Å². The fourth-order valence-electron chi connectivity index (χ4n) is 0. The molecule has 0 fully saturated rings. The van der Waals surface area contributed by atoms with E-state index in [4.69, 9.17) is 0 Å². The second-order valence-corrected chi connectivity index (χ2v) is 0. The Morgan fingerprint density at radius 3 is 1.00 bits per heavy atom. The predicted octanol–water partition coefficient (Wildman–Crippen LogP) is -1.74. The Morgan fingerprint density at radius 1 is 1.00 bits per heavy atom. The molecule has 4 heavy (non-hydrogen) atoms. The molecule has 0 aromatic carbocycles. The average molecular weight is 338 g/mol. The van der Waals surface area contributed by atoms with Crippen LogP contribution in [0.1, 0.15) is 0 Å². The molecule has 0 spiro atoms. The molecule has 0 atom stereocenters. The normalized spacial score (nSPS) is 0. The Bertz CT molecular complexity index is 8.00. The first-order valence-electron chi connectivity index (χ1n) is 0. The van der Waals surface area contributed by atoms with Gasteiger partial charge in [0, 0.05) is 53.9 Å². The average Bonchev–Trinajstić information content (AvgIpc) is 0. The molecule has 0 aliphatic heterocycles. The van der Waals surface area contributed by atoms with Crippen molar-refractivity contribution < 1.29 is 59.4 Å². The molecular formula is H4LuMnOSr. The quantitative estimate of drug-likeness (QED) is 0.470. The van der Waals surface area contributed by atoms with Crippen LogP contribution in [0.25, 0.3) is 0 Å². The summed E-state index contributed by atoms with van der Waals surface area (Å²) < 4.78 is 0. The fraction of sp³-hybridized carbons (Fsp3) is 0. The molecule has 0 aromatic heterocycles. The van der Waals surface area contributed by atoms with E-state index < -0.39 is 0 Å². The van der Waals surface area contributed by atoms with Crippen LogP contribution in [0.4, 0.5) is 0 Å². The predicted molar refractivity (Wildman–Crippen MR) is 12.2 cm³/mol. The summed E-state index contributed by atoms with van der Waals surface area (Å²) in [5, 5.41) is 0. The standard InChI is InChI=1S/Lu.Mn.H2O.Sr.2H/h;;1H2;;;.